The van der Waals surface area contributed by atoms with E-state index < -0.39 is 0 Å². The summed E-state index contributed by atoms with van der Waals surface area (Å²) in [5.41, 5.74) is 6.38. The molecule has 1 aliphatic rings. The summed E-state index contributed by atoms with van der Waals surface area (Å²) in [6, 6.07) is 5.40. The molecule has 0 amide bonds. The Labute approximate surface area is 95.3 Å². The van der Waals surface area contributed by atoms with Crippen LogP contribution < -0.4 is 15.2 Å². The van der Waals surface area contributed by atoms with Gasteiger partial charge in [0, 0.05) is 24.3 Å². The van der Waals surface area contributed by atoms with E-state index in [0.29, 0.717) is 29.7 Å². The Kier molecular flexibility index (Phi) is 3.51. The van der Waals surface area contributed by atoms with Gasteiger partial charge in [0.2, 0.25) is 0 Å². The minimum atomic E-state index is 0.478. The number of methoxy groups -OCH3 is 1. The van der Waals surface area contributed by atoms with Crippen molar-refractivity contribution in [2.75, 3.05) is 32.7 Å². The molecule has 1 atom stereocenters. The van der Waals surface area contributed by atoms with E-state index in [2.05, 4.69) is 0 Å². The van der Waals surface area contributed by atoms with Crippen molar-refractivity contribution in [1.29, 1.82) is 0 Å². The van der Waals surface area contributed by atoms with Crippen LogP contribution in [0.25, 0.3) is 0 Å². The molecule has 0 radical (unpaired) electrons. The number of nitrogen functional groups attached to an aromatic ring is 1. The van der Waals surface area contributed by atoms with Gasteiger partial charge in [-0.2, -0.15) is 0 Å². The molecule has 88 valence electrons. The Hall–Kier alpha value is -1.42. The molecule has 1 unspecified atom stereocenters. The molecule has 2 N–H and O–H groups in total. The molecule has 4 heteroatoms. The molecule has 1 aromatic carbocycles. The molecule has 1 heterocycles. The molecule has 0 bridgehead atoms. The average Bonchev–Trinajstić information content (AvgIpc) is 2.79. The summed E-state index contributed by atoms with van der Waals surface area (Å²) in [6.07, 6.45) is 1.06. The van der Waals surface area contributed by atoms with Gasteiger partial charge in [0.25, 0.3) is 0 Å². The Bertz CT molecular complexity index is 348. The second-order valence-electron chi connectivity index (χ2n) is 3.95. The highest BCUT2D eigenvalue weighted by Crippen LogP contribution is 2.29. The van der Waals surface area contributed by atoms with Crippen LogP contribution in [0.2, 0.25) is 0 Å². The lowest BCUT2D eigenvalue weighted by atomic mass is 10.1. The lowest BCUT2D eigenvalue weighted by Crippen LogP contribution is -2.12. The number of nitrogens with two attached hydrogens (primary N) is 1. The molecule has 0 aliphatic carbocycles. The maximum absolute atomic E-state index is 5.71. The standard InChI is InChI=1S/C12H17NO3/c1-14-11-3-2-10(13)6-12(11)16-8-9-4-5-15-7-9/h2-3,6,9H,4-5,7-8,13H2,1H3. The highest BCUT2D eigenvalue weighted by molar-refractivity contribution is 5.51. The van der Waals surface area contributed by atoms with Gasteiger partial charge in [-0.3, -0.25) is 0 Å². The molecule has 0 spiro atoms. The summed E-state index contributed by atoms with van der Waals surface area (Å²) in [5, 5.41) is 0. The Morgan fingerprint density at radius 2 is 2.31 bits per heavy atom. The molecule has 0 aromatic heterocycles. The van der Waals surface area contributed by atoms with E-state index >= 15 is 0 Å². The van der Waals surface area contributed by atoms with Crippen molar-refractivity contribution in [3.8, 4) is 11.5 Å². The Balaban J connectivity index is 1.98. The van der Waals surface area contributed by atoms with Gasteiger partial charge < -0.3 is 19.9 Å². The summed E-state index contributed by atoms with van der Waals surface area (Å²) in [7, 11) is 1.62. The molecule has 16 heavy (non-hydrogen) atoms. The fraction of sp³-hybridized carbons (Fsp3) is 0.500. The quantitative estimate of drug-likeness (QED) is 0.789. The first-order valence-electron chi connectivity index (χ1n) is 5.43. The van der Waals surface area contributed by atoms with Gasteiger partial charge in [0.1, 0.15) is 0 Å². The van der Waals surface area contributed by atoms with Crippen LogP contribution >= 0.6 is 0 Å². The first kappa shape index (κ1) is 11.1. The zero-order valence-electron chi connectivity index (χ0n) is 9.44. The van der Waals surface area contributed by atoms with Crippen LogP contribution in [-0.2, 0) is 4.74 Å². The van der Waals surface area contributed by atoms with E-state index in [1.54, 1.807) is 19.2 Å². The highest BCUT2D eigenvalue weighted by Gasteiger charge is 2.17. The van der Waals surface area contributed by atoms with Gasteiger partial charge in [-0.1, -0.05) is 0 Å². The van der Waals surface area contributed by atoms with E-state index in [1.807, 2.05) is 6.07 Å². The Morgan fingerprint density at radius 3 is 3.00 bits per heavy atom. The fourth-order valence-electron chi connectivity index (χ4n) is 1.73. The van der Waals surface area contributed by atoms with Crippen LogP contribution in [0.4, 0.5) is 5.69 Å². The fourth-order valence-corrected chi connectivity index (χ4v) is 1.73. The molecule has 1 saturated heterocycles. The molecular formula is C12H17NO3. The monoisotopic (exact) mass is 223 g/mol. The zero-order valence-corrected chi connectivity index (χ0v) is 9.44. The van der Waals surface area contributed by atoms with Crippen molar-refractivity contribution >= 4 is 5.69 Å². The minimum Gasteiger partial charge on any atom is -0.493 e. The van der Waals surface area contributed by atoms with Gasteiger partial charge in [-0.15, -0.1) is 0 Å². The average molecular weight is 223 g/mol. The third-order valence-electron chi connectivity index (χ3n) is 2.69. The number of hydrogen-bond donors (Lipinski definition) is 1. The van der Waals surface area contributed by atoms with Crippen LogP contribution in [0.15, 0.2) is 18.2 Å². The topological polar surface area (TPSA) is 53.7 Å². The van der Waals surface area contributed by atoms with Crippen LogP contribution in [0, 0.1) is 5.92 Å². The van der Waals surface area contributed by atoms with Crippen molar-refractivity contribution < 1.29 is 14.2 Å². The predicted octanol–water partition coefficient (Wildman–Crippen LogP) is 1.69. The van der Waals surface area contributed by atoms with Crippen molar-refractivity contribution in [3.63, 3.8) is 0 Å². The van der Waals surface area contributed by atoms with Crippen molar-refractivity contribution in [2.24, 2.45) is 5.92 Å². The lowest BCUT2D eigenvalue weighted by molar-refractivity contribution is 0.165. The van der Waals surface area contributed by atoms with E-state index in [-0.39, 0.29) is 0 Å². The van der Waals surface area contributed by atoms with Crippen LogP contribution in [-0.4, -0.2) is 26.9 Å². The summed E-state index contributed by atoms with van der Waals surface area (Å²) >= 11 is 0. The summed E-state index contributed by atoms with van der Waals surface area (Å²) < 4.78 is 16.2. The van der Waals surface area contributed by atoms with E-state index in [0.717, 1.165) is 19.6 Å². The van der Waals surface area contributed by atoms with Crippen LogP contribution in [0.5, 0.6) is 11.5 Å². The maximum Gasteiger partial charge on any atom is 0.163 e. The molecule has 0 saturated carbocycles. The molecule has 1 aromatic rings. The zero-order chi connectivity index (χ0) is 11.4. The molecule has 1 fully saturated rings. The second kappa shape index (κ2) is 5.07. The number of rotatable bonds is 4. The van der Waals surface area contributed by atoms with E-state index in [9.17, 15) is 0 Å². The second-order valence-corrected chi connectivity index (χ2v) is 3.95. The molecular weight excluding hydrogens is 206 g/mol. The predicted molar refractivity (Wildman–Crippen MR) is 61.8 cm³/mol. The largest absolute Gasteiger partial charge is 0.493 e. The third-order valence-corrected chi connectivity index (χ3v) is 2.69. The first-order valence-corrected chi connectivity index (χ1v) is 5.43. The van der Waals surface area contributed by atoms with Gasteiger partial charge in [0.05, 0.1) is 20.3 Å². The van der Waals surface area contributed by atoms with Gasteiger partial charge in [-0.25, -0.2) is 0 Å². The van der Waals surface area contributed by atoms with Crippen molar-refractivity contribution in [2.45, 2.75) is 6.42 Å². The SMILES string of the molecule is COc1ccc(N)cc1OCC1CCOC1. The number of anilines is 1. The smallest absolute Gasteiger partial charge is 0.163 e. The van der Waals surface area contributed by atoms with Crippen LogP contribution in [0.3, 0.4) is 0 Å². The number of benzene rings is 1. The molecule has 2 rings (SSSR count). The molecule has 4 nitrogen and oxygen atoms in total. The molecule has 1 aliphatic heterocycles. The first-order chi connectivity index (χ1) is 7.79. The van der Waals surface area contributed by atoms with Crippen molar-refractivity contribution in [3.05, 3.63) is 18.2 Å². The summed E-state index contributed by atoms with van der Waals surface area (Å²) in [5.74, 6) is 1.90. The van der Waals surface area contributed by atoms with Crippen LogP contribution in [0.1, 0.15) is 6.42 Å². The van der Waals surface area contributed by atoms with Gasteiger partial charge >= 0.3 is 0 Å². The van der Waals surface area contributed by atoms with E-state index in [4.69, 9.17) is 19.9 Å². The third kappa shape index (κ3) is 2.58. The number of ether oxygens (including phenoxy) is 3. The highest BCUT2D eigenvalue weighted by atomic mass is 16.5. The Morgan fingerprint density at radius 1 is 1.44 bits per heavy atom. The van der Waals surface area contributed by atoms with Gasteiger partial charge in [0.15, 0.2) is 11.5 Å². The normalized spacial score (nSPS) is 19.7. The maximum atomic E-state index is 5.71. The number of hydrogen-bond acceptors (Lipinski definition) is 4. The lowest BCUT2D eigenvalue weighted by Gasteiger charge is -2.13. The summed E-state index contributed by atoms with van der Waals surface area (Å²) in [4.78, 5) is 0. The summed E-state index contributed by atoms with van der Waals surface area (Å²) in [6.45, 7) is 2.27. The van der Waals surface area contributed by atoms with Gasteiger partial charge in [-0.05, 0) is 18.6 Å². The minimum absolute atomic E-state index is 0.478. The van der Waals surface area contributed by atoms with Crippen molar-refractivity contribution in [1.82, 2.24) is 0 Å². The van der Waals surface area contributed by atoms with E-state index in [1.165, 1.54) is 0 Å².